The third-order valence-electron chi connectivity index (χ3n) is 6.45. The number of halogens is 1. The Morgan fingerprint density at radius 2 is 1.10 bits per heavy atom. The van der Waals surface area contributed by atoms with Crippen molar-refractivity contribution in [2.75, 3.05) is 99.4 Å². The monoisotopic (exact) mass is 778 g/mol. The van der Waals surface area contributed by atoms with Crippen molar-refractivity contribution in [2.45, 2.75) is 19.8 Å². The number of nitrogens with one attached hydrogen (secondary N) is 5. The number of alkyl halides is 1. The van der Waals surface area contributed by atoms with Gasteiger partial charge < -0.3 is 45.5 Å². The van der Waals surface area contributed by atoms with E-state index < -0.39 is 0 Å². The first-order valence-electron chi connectivity index (χ1n) is 16.2. The first-order valence-corrected chi connectivity index (χ1v) is 17.7. The maximum atomic E-state index is 12.5. The highest BCUT2D eigenvalue weighted by atomic mass is 127. The molecule has 15 heteroatoms. The summed E-state index contributed by atoms with van der Waals surface area (Å²) in [5.41, 5.74) is 1.88. The number of ether oxygens (including phenoxy) is 4. The third-order valence-corrected chi connectivity index (χ3v) is 6.89. The molecule has 3 aromatic rings. The summed E-state index contributed by atoms with van der Waals surface area (Å²) in [7, 11) is 0. The highest BCUT2D eigenvalue weighted by Gasteiger charge is 2.09. The molecule has 1 heterocycles. The maximum absolute atomic E-state index is 12.5. The molecule has 2 aromatic carbocycles. The van der Waals surface area contributed by atoms with E-state index in [-0.39, 0.29) is 11.8 Å². The van der Waals surface area contributed by atoms with Gasteiger partial charge >= 0.3 is 0 Å². The van der Waals surface area contributed by atoms with Gasteiger partial charge in [0.2, 0.25) is 17.8 Å². The Kier molecular flexibility index (Phi) is 19.8. The molecule has 48 heavy (non-hydrogen) atoms. The second-order valence-electron chi connectivity index (χ2n) is 10.2. The van der Waals surface area contributed by atoms with Gasteiger partial charge in [0.15, 0.2) is 0 Å². The lowest BCUT2D eigenvalue weighted by atomic mass is 10.2. The molecule has 0 aliphatic rings. The van der Waals surface area contributed by atoms with E-state index in [1.165, 1.54) is 0 Å². The van der Waals surface area contributed by atoms with Gasteiger partial charge in [-0.15, -0.1) is 0 Å². The maximum Gasteiger partial charge on any atom is 0.251 e. The molecule has 0 spiro atoms. The number of rotatable bonds is 26. The van der Waals surface area contributed by atoms with E-state index in [0.717, 1.165) is 29.5 Å². The van der Waals surface area contributed by atoms with Gasteiger partial charge in [0.1, 0.15) is 0 Å². The normalized spacial score (nSPS) is 10.8. The van der Waals surface area contributed by atoms with Gasteiger partial charge in [-0.05, 0) is 42.8 Å². The van der Waals surface area contributed by atoms with Crippen LogP contribution in [0.5, 0.6) is 0 Å². The average Bonchev–Trinajstić information content (AvgIpc) is 3.11. The first-order chi connectivity index (χ1) is 23.6. The summed E-state index contributed by atoms with van der Waals surface area (Å²) in [6, 6.07) is 16.1. The Morgan fingerprint density at radius 1 is 0.604 bits per heavy atom. The summed E-state index contributed by atoms with van der Waals surface area (Å²) >= 11 is 2.26. The van der Waals surface area contributed by atoms with Gasteiger partial charge in [0.05, 0.1) is 52.9 Å². The molecule has 0 atom stereocenters. The van der Waals surface area contributed by atoms with Crippen LogP contribution in [0.2, 0.25) is 0 Å². The number of aromatic nitrogens is 3. The molecule has 0 radical (unpaired) electrons. The van der Waals surface area contributed by atoms with Crippen LogP contribution >= 0.6 is 22.6 Å². The SMILES string of the molecule is CCCCNc1nc(NCCOCCOCCNC(=O)c2ccccc2)nc(Nc2ccc(C(=O)NCCOCCOCCI)cc2)n1. The fraction of sp³-hybridized carbons (Fsp3) is 0.485. The zero-order chi connectivity index (χ0) is 34.1. The second-order valence-corrected chi connectivity index (χ2v) is 11.3. The van der Waals surface area contributed by atoms with Crippen LogP contribution in [0, 0.1) is 0 Å². The molecule has 1 aromatic heterocycles. The van der Waals surface area contributed by atoms with Crippen LogP contribution in [0.15, 0.2) is 54.6 Å². The number of amides is 2. The summed E-state index contributed by atoms with van der Waals surface area (Å²) < 4.78 is 23.0. The van der Waals surface area contributed by atoms with Crippen molar-refractivity contribution < 1.29 is 28.5 Å². The topological polar surface area (TPSA) is 170 Å². The number of unbranched alkanes of at least 4 members (excludes halogenated alkanes) is 1. The highest BCUT2D eigenvalue weighted by Crippen LogP contribution is 2.17. The summed E-state index contributed by atoms with van der Waals surface area (Å²) in [4.78, 5) is 38.0. The van der Waals surface area contributed by atoms with Gasteiger partial charge in [-0.2, -0.15) is 15.0 Å². The van der Waals surface area contributed by atoms with Crippen LogP contribution in [-0.2, 0) is 18.9 Å². The van der Waals surface area contributed by atoms with Crippen LogP contribution in [0.25, 0.3) is 0 Å². The zero-order valence-corrected chi connectivity index (χ0v) is 29.6. The highest BCUT2D eigenvalue weighted by molar-refractivity contribution is 14.1. The summed E-state index contributed by atoms with van der Waals surface area (Å²) in [5, 5.41) is 15.3. The molecule has 262 valence electrons. The molecule has 0 unspecified atom stereocenters. The van der Waals surface area contributed by atoms with Crippen molar-refractivity contribution >= 4 is 57.9 Å². The van der Waals surface area contributed by atoms with Crippen LogP contribution < -0.4 is 26.6 Å². The first kappa shape index (κ1) is 38.8. The molecular formula is C33H47IN8O6. The third kappa shape index (κ3) is 16.5. The standard InChI is InChI=1S/C33H47IN8O6/c1-2-3-14-37-31-40-32(38-17-21-48-25-24-47-19-15-35-29(43)26-7-5-4-6-8-26)42-33(41-31)39-28-11-9-27(10-12-28)30(44)36-16-20-46-23-22-45-18-13-34/h4-12H,2-3,13-25H2,1H3,(H,35,43)(H,36,44)(H3,37,38,39,40,41,42). The van der Waals surface area contributed by atoms with Gasteiger partial charge in [0.25, 0.3) is 11.8 Å². The predicted octanol–water partition coefficient (Wildman–Crippen LogP) is 3.90. The van der Waals surface area contributed by atoms with E-state index in [1.54, 1.807) is 36.4 Å². The number of nitrogens with zero attached hydrogens (tertiary/aromatic N) is 3. The molecule has 14 nitrogen and oxygen atoms in total. The molecule has 0 saturated carbocycles. The van der Waals surface area contributed by atoms with Gasteiger partial charge in [-0.25, -0.2) is 0 Å². The molecule has 0 aliphatic carbocycles. The molecule has 0 fully saturated rings. The van der Waals surface area contributed by atoms with Crippen LogP contribution in [0.1, 0.15) is 40.5 Å². The fourth-order valence-corrected chi connectivity index (χ4v) is 4.31. The fourth-order valence-electron chi connectivity index (χ4n) is 4.00. The molecule has 2 amide bonds. The number of carbonyl (C=O) groups excluding carboxylic acids is 2. The minimum Gasteiger partial charge on any atom is -0.378 e. The summed E-state index contributed by atoms with van der Waals surface area (Å²) in [6.07, 6.45) is 2.02. The van der Waals surface area contributed by atoms with Crippen LogP contribution in [0.4, 0.5) is 23.5 Å². The molecule has 0 saturated heterocycles. The smallest absolute Gasteiger partial charge is 0.251 e. The van der Waals surface area contributed by atoms with E-state index in [2.05, 4.69) is 71.1 Å². The Hall–Kier alpha value is -3.64. The van der Waals surface area contributed by atoms with Crippen LogP contribution in [0.3, 0.4) is 0 Å². The summed E-state index contributed by atoms with van der Waals surface area (Å²) in [5.74, 6) is 0.905. The van der Waals surface area contributed by atoms with Gasteiger partial charge in [0, 0.05) is 47.4 Å². The Bertz CT molecular complexity index is 1320. The molecular weight excluding hydrogens is 731 g/mol. The Balaban J connectivity index is 1.37. The van der Waals surface area contributed by atoms with Crippen molar-refractivity contribution in [1.29, 1.82) is 0 Å². The zero-order valence-electron chi connectivity index (χ0n) is 27.5. The van der Waals surface area contributed by atoms with E-state index in [1.807, 2.05) is 18.2 Å². The lowest BCUT2D eigenvalue weighted by molar-refractivity contribution is 0.0519. The average molecular weight is 779 g/mol. The number of anilines is 4. The second kappa shape index (κ2) is 24.5. The van der Waals surface area contributed by atoms with Crippen LogP contribution in [-0.4, -0.2) is 110 Å². The Labute approximate surface area is 296 Å². The molecule has 5 N–H and O–H groups in total. The van der Waals surface area contributed by atoms with E-state index in [0.29, 0.717) is 101 Å². The molecule has 0 aliphatic heterocycles. The van der Waals surface area contributed by atoms with Gasteiger partial charge in [-0.3, -0.25) is 9.59 Å². The van der Waals surface area contributed by atoms with E-state index >= 15 is 0 Å². The lowest BCUT2D eigenvalue weighted by Crippen LogP contribution is -2.27. The number of hydrogen-bond acceptors (Lipinski definition) is 12. The van der Waals surface area contributed by atoms with E-state index in [4.69, 9.17) is 18.9 Å². The quantitative estimate of drug-likeness (QED) is 0.0454. The minimum absolute atomic E-state index is 0.124. The Morgan fingerprint density at radius 3 is 1.67 bits per heavy atom. The largest absolute Gasteiger partial charge is 0.378 e. The van der Waals surface area contributed by atoms with E-state index in [9.17, 15) is 9.59 Å². The van der Waals surface area contributed by atoms with Crippen molar-refractivity contribution in [3.8, 4) is 0 Å². The predicted molar refractivity (Wildman–Crippen MR) is 195 cm³/mol. The van der Waals surface area contributed by atoms with Crippen molar-refractivity contribution in [2.24, 2.45) is 0 Å². The molecule has 0 bridgehead atoms. The summed E-state index contributed by atoms with van der Waals surface area (Å²) in [6.45, 7) is 7.99. The number of hydrogen-bond donors (Lipinski definition) is 5. The molecule has 3 rings (SSSR count). The van der Waals surface area contributed by atoms with Crippen molar-refractivity contribution in [1.82, 2.24) is 25.6 Å². The lowest BCUT2D eigenvalue weighted by Gasteiger charge is -2.12. The van der Waals surface area contributed by atoms with Crippen molar-refractivity contribution in [3.63, 3.8) is 0 Å². The number of carbonyl (C=O) groups is 2. The minimum atomic E-state index is -0.179. The van der Waals surface area contributed by atoms with Crippen molar-refractivity contribution in [3.05, 3.63) is 65.7 Å². The number of benzene rings is 2. The van der Waals surface area contributed by atoms with Gasteiger partial charge in [-0.1, -0.05) is 54.1 Å².